The van der Waals surface area contributed by atoms with E-state index in [2.05, 4.69) is 15.1 Å². The fourth-order valence-corrected chi connectivity index (χ4v) is 5.54. The highest BCUT2D eigenvalue weighted by Gasteiger charge is 2.37. The van der Waals surface area contributed by atoms with Crippen LogP contribution < -0.4 is 4.74 Å². The minimum Gasteiger partial charge on any atom is -0.495 e. The Morgan fingerprint density at radius 2 is 2.20 bits per heavy atom. The first-order chi connectivity index (χ1) is 14.5. The quantitative estimate of drug-likeness (QED) is 0.566. The summed E-state index contributed by atoms with van der Waals surface area (Å²) >= 11 is 0. The Bertz CT molecular complexity index is 1120. The van der Waals surface area contributed by atoms with Crippen molar-refractivity contribution in [2.45, 2.75) is 36.6 Å². The molecule has 0 saturated carbocycles. The highest BCUT2D eigenvalue weighted by atomic mass is 32.2. The molecular weight excluding hydrogens is 411 g/mol. The highest BCUT2D eigenvalue weighted by molar-refractivity contribution is 7.89. The standard InChI is InChI=1S/C20H21FN4O4S/c1-28-17-8-6-15(21)12-18(17)30(26,27)25-11-3-5-16(25)7-9-19-23-20(29-24-19)14-4-2-10-22-13-14/h2,4,6,8,10,12-13,16H,3,5,7,9,11H2,1H3. The van der Waals surface area contributed by atoms with Gasteiger partial charge in [-0.2, -0.15) is 9.29 Å². The molecule has 158 valence electrons. The molecule has 1 aliphatic rings. The van der Waals surface area contributed by atoms with E-state index in [1.807, 2.05) is 6.07 Å². The van der Waals surface area contributed by atoms with Gasteiger partial charge in [0.1, 0.15) is 16.5 Å². The molecule has 0 amide bonds. The summed E-state index contributed by atoms with van der Waals surface area (Å²) in [5, 5.41) is 3.99. The van der Waals surface area contributed by atoms with Crippen molar-refractivity contribution >= 4 is 10.0 Å². The van der Waals surface area contributed by atoms with E-state index in [0.29, 0.717) is 37.5 Å². The minimum absolute atomic E-state index is 0.126. The van der Waals surface area contributed by atoms with Gasteiger partial charge in [0.2, 0.25) is 10.0 Å². The number of methoxy groups -OCH3 is 1. The van der Waals surface area contributed by atoms with Gasteiger partial charge in [0.15, 0.2) is 5.82 Å². The molecule has 0 aliphatic carbocycles. The van der Waals surface area contributed by atoms with Crippen LogP contribution in [0.1, 0.15) is 25.1 Å². The summed E-state index contributed by atoms with van der Waals surface area (Å²) in [6, 6.07) is 6.87. The second-order valence-electron chi connectivity index (χ2n) is 7.00. The number of sulfonamides is 1. The van der Waals surface area contributed by atoms with Crippen molar-refractivity contribution in [1.82, 2.24) is 19.4 Å². The number of ether oxygens (including phenoxy) is 1. The van der Waals surface area contributed by atoms with Gasteiger partial charge in [0, 0.05) is 31.4 Å². The van der Waals surface area contributed by atoms with E-state index in [1.165, 1.54) is 23.5 Å². The minimum atomic E-state index is -3.90. The number of aryl methyl sites for hydroxylation is 1. The summed E-state index contributed by atoms with van der Waals surface area (Å²) in [5.74, 6) is 0.376. The molecule has 3 heterocycles. The zero-order chi connectivity index (χ0) is 21.1. The molecule has 10 heteroatoms. The molecule has 1 aromatic carbocycles. The zero-order valence-electron chi connectivity index (χ0n) is 16.4. The van der Waals surface area contributed by atoms with E-state index < -0.39 is 15.8 Å². The van der Waals surface area contributed by atoms with Gasteiger partial charge >= 0.3 is 0 Å². The maximum Gasteiger partial charge on any atom is 0.259 e. The Hall–Kier alpha value is -2.85. The third kappa shape index (κ3) is 4.05. The van der Waals surface area contributed by atoms with E-state index in [-0.39, 0.29) is 16.7 Å². The number of hydrogen-bond acceptors (Lipinski definition) is 7. The second kappa shape index (κ2) is 8.49. The van der Waals surface area contributed by atoms with Gasteiger partial charge in [0.25, 0.3) is 5.89 Å². The predicted molar refractivity (Wildman–Crippen MR) is 106 cm³/mol. The number of hydrogen-bond donors (Lipinski definition) is 0. The third-order valence-electron chi connectivity index (χ3n) is 5.11. The van der Waals surface area contributed by atoms with Crippen LogP contribution in [0.2, 0.25) is 0 Å². The van der Waals surface area contributed by atoms with Crippen molar-refractivity contribution in [3.63, 3.8) is 0 Å². The summed E-state index contributed by atoms with van der Waals surface area (Å²) in [5.41, 5.74) is 0.722. The molecule has 0 spiro atoms. The monoisotopic (exact) mass is 432 g/mol. The SMILES string of the molecule is COc1ccc(F)cc1S(=O)(=O)N1CCCC1CCc1noc(-c2cccnc2)n1. The summed E-state index contributed by atoms with van der Waals surface area (Å²) in [7, 11) is -2.53. The molecular formula is C20H21FN4O4S. The fourth-order valence-electron chi connectivity index (χ4n) is 3.65. The number of aromatic nitrogens is 3. The smallest absolute Gasteiger partial charge is 0.259 e. The molecule has 30 heavy (non-hydrogen) atoms. The lowest BCUT2D eigenvalue weighted by Crippen LogP contribution is -2.36. The molecule has 8 nitrogen and oxygen atoms in total. The van der Waals surface area contributed by atoms with Gasteiger partial charge in [0.05, 0.1) is 12.7 Å². The van der Waals surface area contributed by atoms with Gasteiger partial charge in [-0.1, -0.05) is 5.16 Å². The van der Waals surface area contributed by atoms with Gasteiger partial charge in [-0.25, -0.2) is 12.8 Å². The van der Waals surface area contributed by atoms with E-state index in [9.17, 15) is 12.8 Å². The van der Waals surface area contributed by atoms with E-state index in [1.54, 1.807) is 18.5 Å². The van der Waals surface area contributed by atoms with Crippen molar-refractivity contribution in [1.29, 1.82) is 0 Å². The highest BCUT2D eigenvalue weighted by Crippen LogP contribution is 2.33. The van der Waals surface area contributed by atoms with E-state index in [0.717, 1.165) is 18.1 Å². The largest absolute Gasteiger partial charge is 0.495 e. The first kappa shape index (κ1) is 20.4. The van der Waals surface area contributed by atoms with Crippen LogP contribution in [-0.2, 0) is 16.4 Å². The lowest BCUT2D eigenvalue weighted by atomic mass is 10.1. The third-order valence-corrected chi connectivity index (χ3v) is 7.09. The number of halogens is 1. The average molecular weight is 432 g/mol. The van der Waals surface area contributed by atoms with E-state index in [4.69, 9.17) is 9.26 Å². The molecule has 0 N–H and O–H groups in total. The van der Waals surface area contributed by atoms with Crippen LogP contribution in [0, 0.1) is 5.82 Å². The Labute approximate surface area is 173 Å². The van der Waals surface area contributed by atoms with Crippen molar-refractivity contribution in [2.24, 2.45) is 0 Å². The van der Waals surface area contributed by atoms with Gasteiger partial charge in [-0.3, -0.25) is 4.98 Å². The molecule has 1 saturated heterocycles. The first-order valence-corrected chi connectivity index (χ1v) is 11.0. The molecule has 2 aromatic heterocycles. The summed E-state index contributed by atoms with van der Waals surface area (Å²) in [6.45, 7) is 0.375. The van der Waals surface area contributed by atoms with Crippen LogP contribution >= 0.6 is 0 Å². The van der Waals surface area contributed by atoms with Gasteiger partial charge in [-0.15, -0.1) is 0 Å². The molecule has 1 atom stereocenters. The molecule has 1 unspecified atom stereocenters. The first-order valence-electron chi connectivity index (χ1n) is 9.57. The van der Waals surface area contributed by atoms with Crippen LogP contribution in [0.4, 0.5) is 4.39 Å². The number of nitrogens with zero attached hydrogens (tertiary/aromatic N) is 4. The lowest BCUT2D eigenvalue weighted by molar-refractivity contribution is 0.358. The van der Waals surface area contributed by atoms with Crippen LogP contribution in [0.5, 0.6) is 5.75 Å². The normalized spacial score (nSPS) is 17.3. The summed E-state index contributed by atoms with van der Waals surface area (Å²) < 4.78 is 52.0. The second-order valence-corrected chi connectivity index (χ2v) is 8.86. The molecule has 4 rings (SSSR count). The summed E-state index contributed by atoms with van der Waals surface area (Å²) in [4.78, 5) is 8.24. The molecule has 1 fully saturated rings. The van der Waals surface area contributed by atoms with Crippen molar-refractivity contribution in [3.05, 3.63) is 54.4 Å². The maximum absolute atomic E-state index is 13.7. The van der Waals surface area contributed by atoms with Gasteiger partial charge < -0.3 is 9.26 Å². The number of rotatable bonds is 7. The van der Waals surface area contributed by atoms with Crippen molar-refractivity contribution in [2.75, 3.05) is 13.7 Å². The molecule has 1 aliphatic heterocycles. The van der Waals surface area contributed by atoms with Crippen LogP contribution in [0.3, 0.4) is 0 Å². The van der Waals surface area contributed by atoms with Crippen LogP contribution in [0.15, 0.2) is 52.1 Å². The number of pyridine rings is 1. The van der Waals surface area contributed by atoms with Gasteiger partial charge in [-0.05, 0) is 49.6 Å². The molecule has 3 aromatic rings. The maximum atomic E-state index is 13.7. The van der Waals surface area contributed by atoms with Crippen LogP contribution in [0.25, 0.3) is 11.5 Å². The Morgan fingerprint density at radius 1 is 1.33 bits per heavy atom. The molecule has 0 radical (unpaired) electrons. The summed E-state index contributed by atoms with van der Waals surface area (Å²) in [6.07, 6.45) is 5.72. The Balaban J connectivity index is 1.49. The lowest BCUT2D eigenvalue weighted by Gasteiger charge is -2.24. The number of benzene rings is 1. The molecule has 0 bridgehead atoms. The Kier molecular flexibility index (Phi) is 5.78. The van der Waals surface area contributed by atoms with Crippen molar-refractivity contribution < 1.29 is 22.1 Å². The predicted octanol–water partition coefficient (Wildman–Crippen LogP) is 3.07. The average Bonchev–Trinajstić information content (AvgIpc) is 3.43. The van der Waals surface area contributed by atoms with E-state index >= 15 is 0 Å². The van der Waals surface area contributed by atoms with Crippen molar-refractivity contribution in [3.8, 4) is 17.2 Å². The Morgan fingerprint density at radius 3 is 2.97 bits per heavy atom. The fraction of sp³-hybridized carbons (Fsp3) is 0.350. The van der Waals surface area contributed by atoms with Crippen LogP contribution in [-0.4, -0.2) is 47.5 Å². The zero-order valence-corrected chi connectivity index (χ0v) is 17.2. The topological polar surface area (TPSA) is 98.4 Å².